The Morgan fingerprint density at radius 1 is 0.696 bits per heavy atom. The van der Waals surface area contributed by atoms with Gasteiger partial charge in [0.1, 0.15) is 0 Å². The summed E-state index contributed by atoms with van der Waals surface area (Å²) in [4.78, 5) is 12.3. The molecule has 0 aliphatic carbocycles. The number of hydrogen-bond donors (Lipinski definition) is 0. The lowest BCUT2D eigenvalue weighted by Crippen LogP contribution is -2.21. The van der Waals surface area contributed by atoms with Gasteiger partial charge in [0.2, 0.25) is 0 Å². The van der Waals surface area contributed by atoms with E-state index in [1.165, 1.54) is 77.0 Å². The number of carbonyl (C=O) groups is 1. The summed E-state index contributed by atoms with van der Waals surface area (Å²) in [5.74, 6) is 0.178. The summed E-state index contributed by atoms with van der Waals surface area (Å²) in [5, 5.41) is 0. The largest absolute Gasteiger partial charge is 0.463 e. The summed E-state index contributed by atoms with van der Waals surface area (Å²) in [5.41, 5.74) is 0. The van der Waals surface area contributed by atoms with Gasteiger partial charge in [-0.3, -0.25) is 4.79 Å². The Labute approximate surface area is 145 Å². The van der Waals surface area contributed by atoms with Gasteiger partial charge in [-0.2, -0.15) is 0 Å². The van der Waals surface area contributed by atoms with E-state index in [9.17, 15) is 4.79 Å². The standard InChI is InChI=1S/C21H42O2/c1-5-7-9-11-13-15-17-20(21(22)23-19(3)4)18-16-14-12-10-8-6-2/h19-20H,5-18H2,1-4H3. The molecule has 138 valence electrons. The number of esters is 1. The van der Waals surface area contributed by atoms with E-state index in [1.54, 1.807) is 0 Å². The zero-order valence-corrected chi connectivity index (χ0v) is 16.4. The number of rotatable bonds is 16. The maximum Gasteiger partial charge on any atom is 0.309 e. The highest BCUT2D eigenvalue weighted by molar-refractivity contribution is 5.72. The van der Waals surface area contributed by atoms with Crippen molar-refractivity contribution in [3.05, 3.63) is 0 Å². The summed E-state index contributed by atoms with van der Waals surface area (Å²) in [6.45, 7) is 8.39. The van der Waals surface area contributed by atoms with Gasteiger partial charge in [0, 0.05) is 0 Å². The van der Waals surface area contributed by atoms with Crippen LogP contribution in [-0.4, -0.2) is 12.1 Å². The van der Waals surface area contributed by atoms with Crippen LogP contribution in [-0.2, 0) is 9.53 Å². The van der Waals surface area contributed by atoms with Crippen LogP contribution in [0.2, 0.25) is 0 Å². The molecule has 0 aliphatic rings. The van der Waals surface area contributed by atoms with Gasteiger partial charge < -0.3 is 4.74 Å². The van der Waals surface area contributed by atoms with Crippen molar-refractivity contribution in [3.8, 4) is 0 Å². The molecular formula is C21H42O2. The number of unbranched alkanes of at least 4 members (excludes halogenated alkanes) is 10. The molecule has 23 heavy (non-hydrogen) atoms. The maximum absolute atomic E-state index is 12.3. The van der Waals surface area contributed by atoms with Gasteiger partial charge in [0.15, 0.2) is 0 Å². The van der Waals surface area contributed by atoms with E-state index in [0.717, 1.165) is 12.8 Å². The molecule has 0 aromatic heterocycles. The number of hydrogen-bond acceptors (Lipinski definition) is 2. The maximum atomic E-state index is 12.3. The molecule has 2 nitrogen and oxygen atoms in total. The topological polar surface area (TPSA) is 26.3 Å². The average molecular weight is 327 g/mol. The van der Waals surface area contributed by atoms with Gasteiger partial charge in [0.25, 0.3) is 0 Å². The molecule has 0 saturated carbocycles. The number of ether oxygens (including phenoxy) is 1. The quantitative estimate of drug-likeness (QED) is 0.224. The van der Waals surface area contributed by atoms with Crippen LogP contribution >= 0.6 is 0 Å². The second-order valence-corrected chi connectivity index (χ2v) is 7.30. The molecule has 0 spiro atoms. The molecule has 0 atom stereocenters. The van der Waals surface area contributed by atoms with Crippen LogP contribution in [0.4, 0.5) is 0 Å². The number of carbonyl (C=O) groups excluding carboxylic acids is 1. The molecule has 0 saturated heterocycles. The smallest absolute Gasteiger partial charge is 0.309 e. The highest BCUT2D eigenvalue weighted by Gasteiger charge is 2.20. The molecule has 0 aromatic carbocycles. The first-order valence-electron chi connectivity index (χ1n) is 10.3. The van der Waals surface area contributed by atoms with Crippen LogP contribution in [0.25, 0.3) is 0 Å². The minimum absolute atomic E-state index is 0.0131. The second-order valence-electron chi connectivity index (χ2n) is 7.30. The summed E-state index contributed by atoms with van der Waals surface area (Å²) in [6.07, 6.45) is 17.5. The van der Waals surface area contributed by atoms with E-state index in [1.807, 2.05) is 13.8 Å². The zero-order chi connectivity index (χ0) is 17.3. The van der Waals surface area contributed by atoms with Gasteiger partial charge in [0.05, 0.1) is 12.0 Å². The molecule has 0 aliphatic heterocycles. The molecule has 0 aromatic rings. The van der Waals surface area contributed by atoms with Gasteiger partial charge in [-0.1, -0.05) is 90.9 Å². The summed E-state index contributed by atoms with van der Waals surface area (Å²) < 4.78 is 5.46. The molecule has 0 amide bonds. The van der Waals surface area contributed by atoms with E-state index in [0.29, 0.717) is 0 Å². The summed E-state index contributed by atoms with van der Waals surface area (Å²) in [6, 6.07) is 0. The lowest BCUT2D eigenvalue weighted by atomic mass is 9.94. The van der Waals surface area contributed by atoms with E-state index in [4.69, 9.17) is 4.74 Å². The van der Waals surface area contributed by atoms with Gasteiger partial charge in [-0.25, -0.2) is 0 Å². The van der Waals surface area contributed by atoms with Gasteiger partial charge in [-0.05, 0) is 26.7 Å². The molecule has 0 radical (unpaired) electrons. The fourth-order valence-corrected chi connectivity index (χ4v) is 3.05. The Hall–Kier alpha value is -0.530. The lowest BCUT2D eigenvalue weighted by molar-refractivity contribution is -0.153. The predicted octanol–water partition coefficient (Wildman–Crippen LogP) is 7.06. The summed E-state index contributed by atoms with van der Waals surface area (Å²) in [7, 11) is 0. The minimum Gasteiger partial charge on any atom is -0.463 e. The Bertz CT molecular complexity index is 245. The van der Waals surface area contributed by atoms with E-state index >= 15 is 0 Å². The Morgan fingerprint density at radius 2 is 1.09 bits per heavy atom. The van der Waals surface area contributed by atoms with Crippen molar-refractivity contribution in [1.29, 1.82) is 0 Å². The van der Waals surface area contributed by atoms with Crippen LogP contribution in [0.3, 0.4) is 0 Å². The van der Waals surface area contributed by atoms with Crippen molar-refractivity contribution >= 4 is 5.97 Å². The molecule has 2 heteroatoms. The average Bonchev–Trinajstić information content (AvgIpc) is 2.51. The first-order chi connectivity index (χ1) is 11.1. The molecule has 0 N–H and O–H groups in total. The fourth-order valence-electron chi connectivity index (χ4n) is 3.05. The van der Waals surface area contributed by atoms with Crippen LogP contribution < -0.4 is 0 Å². The molecule has 0 heterocycles. The van der Waals surface area contributed by atoms with Crippen molar-refractivity contribution in [3.63, 3.8) is 0 Å². The molecule has 0 fully saturated rings. The third-order valence-electron chi connectivity index (χ3n) is 4.50. The highest BCUT2D eigenvalue weighted by atomic mass is 16.5. The van der Waals surface area contributed by atoms with E-state index in [-0.39, 0.29) is 18.0 Å². The lowest BCUT2D eigenvalue weighted by Gasteiger charge is -2.18. The monoisotopic (exact) mass is 326 g/mol. The second kappa shape index (κ2) is 16.3. The molecule has 0 rings (SSSR count). The van der Waals surface area contributed by atoms with Crippen molar-refractivity contribution < 1.29 is 9.53 Å². The highest BCUT2D eigenvalue weighted by Crippen LogP contribution is 2.21. The van der Waals surface area contributed by atoms with Crippen molar-refractivity contribution in [2.45, 2.75) is 124 Å². The SMILES string of the molecule is CCCCCCCCC(CCCCCCCC)C(=O)OC(C)C. The van der Waals surface area contributed by atoms with E-state index in [2.05, 4.69) is 13.8 Å². The normalized spacial score (nSPS) is 11.4. The fraction of sp³-hybridized carbons (Fsp3) is 0.952. The Balaban J connectivity index is 3.96. The van der Waals surface area contributed by atoms with Gasteiger partial charge >= 0.3 is 5.97 Å². The van der Waals surface area contributed by atoms with Crippen molar-refractivity contribution in [2.75, 3.05) is 0 Å². The first kappa shape index (κ1) is 22.5. The van der Waals surface area contributed by atoms with Crippen LogP contribution in [0.15, 0.2) is 0 Å². The Kier molecular flexibility index (Phi) is 16.0. The molecule has 0 bridgehead atoms. The molecular weight excluding hydrogens is 284 g/mol. The third kappa shape index (κ3) is 14.8. The van der Waals surface area contributed by atoms with Crippen molar-refractivity contribution in [2.24, 2.45) is 5.92 Å². The molecule has 0 unspecified atom stereocenters. The summed E-state index contributed by atoms with van der Waals surface area (Å²) >= 11 is 0. The zero-order valence-electron chi connectivity index (χ0n) is 16.4. The van der Waals surface area contributed by atoms with E-state index < -0.39 is 0 Å². The predicted molar refractivity (Wildman–Crippen MR) is 101 cm³/mol. The van der Waals surface area contributed by atoms with Crippen LogP contribution in [0, 0.1) is 5.92 Å². The van der Waals surface area contributed by atoms with Crippen LogP contribution in [0.5, 0.6) is 0 Å². The minimum atomic E-state index is 0.0131. The van der Waals surface area contributed by atoms with Crippen LogP contribution in [0.1, 0.15) is 118 Å². The van der Waals surface area contributed by atoms with Crippen molar-refractivity contribution in [1.82, 2.24) is 0 Å². The third-order valence-corrected chi connectivity index (χ3v) is 4.50. The first-order valence-corrected chi connectivity index (χ1v) is 10.3. The van der Waals surface area contributed by atoms with Gasteiger partial charge in [-0.15, -0.1) is 0 Å². The Morgan fingerprint density at radius 3 is 1.48 bits per heavy atom.